The average Bonchev–Trinajstić information content (AvgIpc) is 2.88. The minimum atomic E-state index is -3.62. The van der Waals surface area contributed by atoms with Gasteiger partial charge in [0.2, 0.25) is 15.9 Å². The van der Waals surface area contributed by atoms with E-state index in [1.165, 1.54) is 4.31 Å². The molecule has 0 bridgehead atoms. The van der Waals surface area contributed by atoms with Gasteiger partial charge in [0.1, 0.15) is 5.38 Å². The van der Waals surface area contributed by atoms with Gasteiger partial charge < -0.3 is 9.80 Å². The Morgan fingerprint density at radius 1 is 0.794 bits per heavy atom. The number of alkyl halides is 1. The normalized spacial score (nSPS) is 21.4. The number of piperazine rings is 1. The SMILES string of the molecule is Cc1ccc(C2C(Cl)C(=O)N2c2ccc(S(=O)(=O)N3CCN(c4ccccc4)CC3)cc2)cc1. The maximum Gasteiger partial charge on any atom is 0.248 e. The summed E-state index contributed by atoms with van der Waals surface area (Å²) in [6.45, 7) is 4.13. The van der Waals surface area contributed by atoms with Crippen LogP contribution in [0.2, 0.25) is 0 Å². The molecule has 3 aromatic rings. The van der Waals surface area contributed by atoms with E-state index in [0.29, 0.717) is 31.9 Å². The lowest BCUT2D eigenvalue weighted by Crippen LogP contribution is -2.56. The Balaban J connectivity index is 1.30. The molecule has 2 aliphatic rings. The van der Waals surface area contributed by atoms with Gasteiger partial charge in [-0.1, -0.05) is 48.0 Å². The van der Waals surface area contributed by atoms with E-state index in [9.17, 15) is 13.2 Å². The van der Waals surface area contributed by atoms with Crippen LogP contribution >= 0.6 is 11.6 Å². The van der Waals surface area contributed by atoms with E-state index >= 15 is 0 Å². The zero-order chi connectivity index (χ0) is 23.9. The molecule has 0 radical (unpaired) electrons. The second-order valence-electron chi connectivity index (χ2n) is 8.69. The molecule has 8 heteroatoms. The van der Waals surface area contributed by atoms with Crippen LogP contribution < -0.4 is 9.80 Å². The Morgan fingerprint density at radius 3 is 2.03 bits per heavy atom. The first-order valence-electron chi connectivity index (χ1n) is 11.3. The molecule has 6 nitrogen and oxygen atoms in total. The molecule has 1 amide bonds. The van der Waals surface area contributed by atoms with Crippen molar-refractivity contribution in [3.63, 3.8) is 0 Å². The lowest BCUT2D eigenvalue weighted by atomic mass is 9.92. The summed E-state index contributed by atoms with van der Waals surface area (Å²) in [5, 5.41) is -0.632. The third-order valence-corrected chi connectivity index (χ3v) is 8.90. The van der Waals surface area contributed by atoms with Crippen LogP contribution in [-0.4, -0.2) is 50.2 Å². The molecule has 0 saturated carbocycles. The van der Waals surface area contributed by atoms with Crippen LogP contribution in [0.4, 0.5) is 11.4 Å². The summed E-state index contributed by atoms with van der Waals surface area (Å²) < 4.78 is 28.0. The molecule has 0 aliphatic carbocycles. The number of amides is 1. The largest absolute Gasteiger partial charge is 0.369 e. The fraction of sp³-hybridized carbons (Fsp3) is 0.269. The number of hydrogen-bond donors (Lipinski definition) is 0. The van der Waals surface area contributed by atoms with Crippen LogP contribution in [0, 0.1) is 6.92 Å². The molecule has 2 unspecified atom stereocenters. The number of rotatable bonds is 5. The monoisotopic (exact) mass is 495 g/mol. The number of hydrogen-bond acceptors (Lipinski definition) is 4. The summed E-state index contributed by atoms with van der Waals surface area (Å²) >= 11 is 6.35. The molecule has 0 spiro atoms. The fourth-order valence-corrected chi connectivity index (χ4v) is 6.36. The summed E-state index contributed by atoms with van der Waals surface area (Å²) in [6.07, 6.45) is 0. The summed E-state index contributed by atoms with van der Waals surface area (Å²) in [7, 11) is -3.62. The molecule has 2 saturated heterocycles. The zero-order valence-electron chi connectivity index (χ0n) is 18.8. The van der Waals surface area contributed by atoms with E-state index in [1.54, 1.807) is 29.2 Å². The molecule has 34 heavy (non-hydrogen) atoms. The second kappa shape index (κ2) is 9.06. The van der Waals surface area contributed by atoms with Gasteiger partial charge in [0.05, 0.1) is 10.9 Å². The van der Waals surface area contributed by atoms with Crippen molar-refractivity contribution in [3.05, 3.63) is 90.0 Å². The molecular weight excluding hydrogens is 470 g/mol. The van der Waals surface area contributed by atoms with E-state index in [1.807, 2.05) is 61.5 Å². The highest BCUT2D eigenvalue weighted by Gasteiger charge is 2.47. The third-order valence-electron chi connectivity index (χ3n) is 6.56. The van der Waals surface area contributed by atoms with E-state index in [-0.39, 0.29) is 16.8 Å². The van der Waals surface area contributed by atoms with Crippen LogP contribution in [0.1, 0.15) is 17.2 Å². The first-order chi connectivity index (χ1) is 16.4. The first-order valence-corrected chi connectivity index (χ1v) is 13.2. The van der Waals surface area contributed by atoms with Gasteiger partial charge in [0.25, 0.3) is 0 Å². The minimum Gasteiger partial charge on any atom is -0.369 e. The fourth-order valence-electron chi connectivity index (χ4n) is 4.58. The van der Waals surface area contributed by atoms with Crippen molar-refractivity contribution < 1.29 is 13.2 Å². The Morgan fingerprint density at radius 2 is 1.41 bits per heavy atom. The van der Waals surface area contributed by atoms with Crippen molar-refractivity contribution in [2.24, 2.45) is 0 Å². The number of β-lactam (4-membered cyclic amide) rings is 1. The summed E-state index contributed by atoms with van der Waals surface area (Å²) in [6, 6.07) is 24.2. The van der Waals surface area contributed by atoms with Crippen molar-refractivity contribution in [1.82, 2.24) is 4.31 Å². The Bertz CT molecular complexity index is 1270. The summed E-state index contributed by atoms with van der Waals surface area (Å²) in [4.78, 5) is 16.6. The van der Waals surface area contributed by atoms with Crippen LogP contribution in [0.25, 0.3) is 0 Å². The number of halogens is 1. The third kappa shape index (κ3) is 4.08. The van der Waals surface area contributed by atoms with Crippen molar-refractivity contribution in [3.8, 4) is 0 Å². The van der Waals surface area contributed by atoms with Crippen LogP contribution in [0.5, 0.6) is 0 Å². The number of nitrogens with zero attached hydrogens (tertiary/aromatic N) is 3. The van der Waals surface area contributed by atoms with Gasteiger partial charge in [0, 0.05) is 37.6 Å². The van der Waals surface area contributed by atoms with Crippen molar-refractivity contribution in [1.29, 1.82) is 0 Å². The molecule has 3 aromatic carbocycles. The highest BCUT2D eigenvalue weighted by atomic mass is 35.5. The Hall–Kier alpha value is -2.87. The van der Waals surface area contributed by atoms with Crippen molar-refractivity contribution in [2.75, 3.05) is 36.0 Å². The second-order valence-corrected chi connectivity index (χ2v) is 11.1. The Kier molecular flexibility index (Phi) is 6.10. The van der Waals surface area contributed by atoms with E-state index in [2.05, 4.69) is 4.90 Å². The van der Waals surface area contributed by atoms with Gasteiger partial charge in [-0.25, -0.2) is 8.42 Å². The van der Waals surface area contributed by atoms with Crippen molar-refractivity contribution in [2.45, 2.75) is 23.2 Å². The quantitative estimate of drug-likeness (QED) is 0.393. The zero-order valence-corrected chi connectivity index (χ0v) is 20.4. The lowest BCUT2D eigenvalue weighted by molar-refractivity contribution is -0.123. The standard InChI is InChI=1S/C26H26ClN3O3S/c1-19-7-9-20(10-8-19)25-24(27)26(31)30(25)22-11-13-23(14-12-22)34(32,33)29-17-15-28(16-18-29)21-5-3-2-4-6-21/h2-14,24-25H,15-18H2,1H3. The first kappa shape index (κ1) is 22.9. The molecule has 2 fully saturated rings. The van der Waals surface area contributed by atoms with Crippen molar-refractivity contribution >= 4 is 38.9 Å². The average molecular weight is 496 g/mol. The number of benzene rings is 3. The van der Waals surface area contributed by atoms with Gasteiger partial charge in [-0.05, 0) is 48.9 Å². The molecule has 2 aliphatic heterocycles. The van der Waals surface area contributed by atoms with Crippen LogP contribution in [0.3, 0.4) is 0 Å². The molecule has 5 rings (SSSR count). The molecular formula is C26H26ClN3O3S. The molecule has 2 heterocycles. The van der Waals surface area contributed by atoms with E-state index < -0.39 is 15.4 Å². The van der Waals surface area contributed by atoms with Crippen LogP contribution in [-0.2, 0) is 14.8 Å². The van der Waals surface area contributed by atoms with E-state index in [0.717, 1.165) is 16.8 Å². The van der Waals surface area contributed by atoms with E-state index in [4.69, 9.17) is 11.6 Å². The number of sulfonamides is 1. The molecule has 176 valence electrons. The number of para-hydroxylation sites is 1. The smallest absolute Gasteiger partial charge is 0.248 e. The minimum absolute atomic E-state index is 0.181. The predicted octanol–water partition coefficient (Wildman–Crippen LogP) is 4.20. The summed E-state index contributed by atoms with van der Waals surface area (Å²) in [5.41, 5.74) is 3.83. The summed E-state index contributed by atoms with van der Waals surface area (Å²) in [5.74, 6) is -0.181. The van der Waals surface area contributed by atoms with Gasteiger partial charge >= 0.3 is 0 Å². The number of anilines is 2. The van der Waals surface area contributed by atoms with Gasteiger partial charge in [0.15, 0.2) is 0 Å². The maximum atomic E-state index is 13.2. The number of aryl methyl sites for hydroxylation is 1. The highest BCUT2D eigenvalue weighted by molar-refractivity contribution is 7.89. The number of carbonyl (C=O) groups is 1. The Labute approximate surface area is 205 Å². The molecule has 2 atom stereocenters. The van der Waals surface area contributed by atoms with Gasteiger partial charge in [-0.3, -0.25) is 4.79 Å². The van der Waals surface area contributed by atoms with Crippen LogP contribution in [0.15, 0.2) is 83.8 Å². The molecule has 0 aromatic heterocycles. The van der Waals surface area contributed by atoms with Gasteiger partial charge in [-0.2, -0.15) is 4.31 Å². The van der Waals surface area contributed by atoms with Gasteiger partial charge in [-0.15, -0.1) is 11.6 Å². The number of carbonyl (C=O) groups excluding carboxylic acids is 1. The topological polar surface area (TPSA) is 60.9 Å². The maximum absolute atomic E-state index is 13.2. The predicted molar refractivity (Wildman–Crippen MR) is 135 cm³/mol. The molecule has 0 N–H and O–H groups in total. The lowest BCUT2D eigenvalue weighted by Gasteiger charge is -2.44. The highest BCUT2D eigenvalue weighted by Crippen LogP contribution is 2.42.